The van der Waals surface area contributed by atoms with Crippen molar-refractivity contribution in [3.05, 3.63) is 53.0 Å². The van der Waals surface area contributed by atoms with E-state index in [1.54, 1.807) is 7.05 Å². The van der Waals surface area contributed by atoms with E-state index in [9.17, 15) is 4.79 Å². The summed E-state index contributed by atoms with van der Waals surface area (Å²) in [5, 5.41) is 7.95. The molecule has 0 atom stereocenters. The van der Waals surface area contributed by atoms with E-state index in [2.05, 4.69) is 26.2 Å². The largest absolute Gasteiger partial charge is 0.350 e. The zero-order chi connectivity index (χ0) is 14.1. The second-order valence-corrected chi connectivity index (χ2v) is 5.23. The Morgan fingerprint density at radius 1 is 1.20 bits per heavy atom. The minimum Gasteiger partial charge on any atom is -0.296 e. The van der Waals surface area contributed by atoms with Crippen molar-refractivity contribution in [1.29, 1.82) is 0 Å². The van der Waals surface area contributed by atoms with Gasteiger partial charge >= 0.3 is 6.03 Å². The zero-order valence-electron chi connectivity index (χ0n) is 10.7. The summed E-state index contributed by atoms with van der Waals surface area (Å²) in [6.07, 6.45) is 0. The highest BCUT2D eigenvalue weighted by Crippen LogP contribution is 2.19. The van der Waals surface area contributed by atoms with Crippen molar-refractivity contribution in [2.45, 2.75) is 0 Å². The van der Waals surface area contributed by atoms with Crippen LogP contribution in [0.5, 0.6) is 0 Å². The van der Waals surface area contributed by atoms with Crippen LogP contribution in [0.1, 0.15) is 0 Å². The van der Waals surface area contributed by atoms with Gasteiger partial charge in [-0.25, -0.2) is 4.79 Å². The molecule has 0 aliphatic heterocycles. The summed E-state index contributed by atoms with van der Waals surface area (Å²) in [5.41, 5.74) is 2.16. The van der Waals surface area contributed by atoms with Gasteiger partial charge in [-0.05, 0) is 30.3 Å². The molecule has 0 unspecified atom stereocenters. The topological polar surface area (TPSA) is 51.0 Å². The van der Waals surface area contributed by atoms with Crippen LogP contribution in [0, 0.1) is 0 Å². The van der Waals surface area contributed by atoms with Crippen molar-refractivity contribution >= 4 is 38.7 Å². The first-order valence-corrected chi connectivity index (χ1v) is 6.80. The van der Waals surface area contributed by atoms with Gasteiger partial charge in [0.05, 0.1) is 5.52 Å². The molecule has 5 nitrogen and oxygen atoms in total. The van der Waals surface area contributed by atoms with Gasteiger partial charge in [0.2, 0.25) is 0 Å². The molecule has 0 saturated carbocycles. The summed E-state index contributed by atoms with van der Waals surface area (Å²) in [4.78, 5) is 14.0. The van der Waals surface area contributed by atoms with Crippen LogP contribution in [0.25, 0.3) is 11.0 Å². The number of aromatic nitrogens is 3. The molecule has 0 spiro atoms. The predicted molar refractivity (Wildman–Crippen MR) is 80.9 cm³/mol. The molecule has 0 N–H and O–H groups in total. The van der Waals surface area contributed by atoms with Crippen LogP contribution in [0.4, 0.5) is 10.5 Å². The maximum absolute atomic E-state index is 12.5. The SMILES string of the molecule is CN(C(=O)n1nnc2cc(Br)ccc21)c1ccccc1. The molecule has 0 saturated heterocycles. The molecular formula is C14H11BrN4O. The highest BCUT2D eigenvalue weighted by Gasteiger charge is 2.17. The molecule has 3 rings (SSSR count). The number of amides is 1. The van der Waals surface area contributed by atoms with Gasteiger partial charge in [-0.2, -0.15) is 4.68 Å². The third-order valence-electron chi connectivity index (χ3n) is 3.02. The minimum absolute atomic E-state index is 0.249. The van der Waals surface area contributed by atoms with Crippen molar-refractivity contribution < 1.29 is 4.79 Å². The van der Waals surface area contributed by atoms with Gasteiger partial charge in [0.15, 0.2) is 0 Å². The van der Waals surface area contributed by atoms with E-state index >= 15 is 0 Å². The number of anilines is 1. The Balaban J connectivity index is 2.01. The summed E-state index contributed by atoms with van der Waals surface area (Å²) in [7, 11) is 1.71. The molecular weight excluding hydrogens is 320 g/mol. The van der Waals surface area contributed by atoms with E-state index in [0.717, 1.165) is 10.2 Å². The van der Waals surface area contributed by atoms with Gasteiger partial charge in [0.25, 0.3) is 0 Å². The Kier molecular flexibility index (Phi) is 3.23. The van der Waals surface area contributed by atoms with Crippen LogP contribution >= 0.6 is 15.9 Å². The van der Waals surface area contributed by atoms with Gasteiger partial charge < -0.3 is 0 Å². The fourth-order valence-corrected chi connectivity index (χ4v) is 2.29. The van der Waals surface area contributed by atoms with E-state index in [4.69, 9.17) is 0 Å². The summed E-state index contributed by atoms with van der Waals surface area (Å²) in [6, 6.07) is 14.7. The monoisotopic (exact) mass is 330 g/mol. The Bertz CT molecular complexity index is 769. The van der Waals surface area contributed by atoms with Crippen LogP contribution in [0.15, 0.2) is 53.0 Å². The Hall–Kier alpha value is -2.21. The first kappa shape index (κ1) is 12.8. The van der Waals surface area contributed by atoms with E-state index < -0.39 is 0 Å². The van der Waals surface area contributed by atoms with Gasteiger partial charge in [-0.1, -0.05) is 39.3 Å². The lowest BCUT2D eigenvalue weighted by Gasteiger charge is -2.16. The lowest BCUT2D eigenvalue weighted by atomic mass is 10.3. The second-order valence-electron chi connectivity index (χ2n) is 4.31. The number of para-hydroxylation sites is 1. The number of halogens is 1. The molecule has 1 aromatic heterocycles. The van der Waals surface area contributed by atoms with Crippen molar-refractivity contribution in [3.8, 4) is 0 Å². The number of nitrogens with zero attached hydrogens (tertiary/aromatic N) is 4. The number of rotatable bonds is 1. The van der Waals surface area contributed by atoms with E-state index in [0.29, 0.717) is 11.0 Å². The van der Waals surface area contributed by atoms with Crippen LogP contribution in [-0.2, 0) is 0 Å². The van der Waals surface area contributed by atoms with E-state index in [1.165, 1.54) is 9.58 Å². The Morgan fingerprint density at radius 3 is 2.70 bits per heavy atom. The molecule has 1 heterocycles. The lowest BCUT2D eigenvalue weighted by Crippen LogP contribution is -2.31. The first-order valence-electron chi connectivity index (χ1n) is 6.01. The predicted octanol–water partition coefficient (Wildman–Crippen LogP) is 3.30. The zero-order valence-corrected chi connectivity index (χ0v) is 12.3. The van der Waals surface area contributed by atoms with Crippen LogP contribution in [0.2, 0.25) is 0 Å². The third kappa shape index (κ3) is 2.18. The van der Waals surface area contributed by atoms with Crippen molar-refractivity contribution in [1.82, 2.24) is 15.0 Å². The molecule has 0 aliphatic carbocycles. The molecule has 1 amide bonds. The molecule has 6 heteroatoms. The second kappa shape index (κ2) is 5.05. The number of hydrogen-bond donors (Lipinski definition) is 0. The number of hydrogen-bond acceptors (Lipinski definition) is 3. The summed E-state index contributed by atoms with van der Waals surface area (Å²) in [6.45, 7) is 0. The van der Waals surface area contributed by atoms with Gasteiger partial charge in [0, 0.05) is 17.2 Å². The molecule has 0 bridgehead atoms. The number of carbonyl (C=O) groups is 1. The highest BCUT2D eigenvalue weighted by molar-refractivity contribution is 9.10. The smallest absolute Gasteiger partial charge is 0.296 e. The first-order chi connectivity index (χ1) is 9.66. The normalized spacial score (nSPS) is 10.7. The van der Waals surface area contributed by atoms with Crippen molar-refractivity contribution in [2.24, 2.45) is 0 Å². The molecule has 0 radical (unpaired) electrons. The third-order valence-corrected chi connectivity index (χ3v) is 3.51. The van der Waals surface area contributed by atoms with Crippen LogP contribution in [0.3, 0.4) is 0 Å². The number of fused-ring (bicyclic) bond motifs is 1. The molecule has 0 fully saturated rings. The average Bonchev–Trinajstić information content (AvgIpc) is 2.89. The maximum atomic E-state index is 12.5. The fraction of sp³-hybridized carbons (Fsp3) is 0.0714. The Labute approximate surface area is 123 Å². The van der Waals surface area contributed by atoms with Crippen LogP contribution < -0.4 is 4.90 Å². The molecule has 2 aromatic carbocycles. The fourth-order valence-electron chi connectivity index (χ4n) is 1.94. The van der Waals surface area contributed by atoms with E-state index in [1.807, 2.05) is 48.5 Å². The molecule has 3 aromatic rings. The number of benzene rings is 2. The van der Waals surface area contributed by atoms with Crippen molar-refractivity contribution in [3.63, 3.8) is 0 Å². The number of carbonyl (C=O) groups excluding carboxylic acids is 1. The lowest BCUT2D eigenvalue weighted by molar-refractivity contribution is 0.246. The van der Waals surface area contributed by atoms with Gasteiger partial charge in [0.1, 0.15) is 5.52 Å². The average molecular weight is 331 g/mol. The Morgan fingerprint density at radius 2 is 1.95 bits per heavy atom. The van der Waals surface area contributed by atoms with Crippen molar-refractivity contribution in [2.75, 3.05) is 11.9 Å². The summed E-state index contributed by atoms with van der Waals surface area (Å²) < 4.78 is 2.20. The quantitative estimate of drug-likeness (QED) is 0.687. The molecule has 0 aliphatic rings. The molecule has 100 valence electrons. The summed E-state index contributed by atoms with van der Waals surface area (Å²) in [5.74, 6) is 0. The minimum atomic E-state index is -0.249. The van der Waals surface area contributed by atoms with Gasteiger partial charge in [-0.3, -0.25) is 4.90 Å². The maximum Gasteiger partial charge on any atom is 0.350 e. The van der Waals surface area contributed by atoms with Crippen LogP contribution in [-0.4, -0.2) is 28.1 Å². The van der Waals surface area contributed by atoms with E-state index in [-0.39, 0.29) is 6.03 Å². The highest BCUT2D eigenvalue weighted by atomic mass is 79.9. The van der Waals surface area contributed by atoms with Gasteiger partial charge in [-0.15, -0.1) is 5.10 Å². The molecule has 20 heavy (non-hydrogen) atoms. The summed E-state index contributed by atoms with van der Waals surface area (Å²) >= 11 is 3.37. The standard InChI is InChI=1S/C14H11BrN4O/c1-18(11-5-3-2-4-6-11)14(20)19-13-8-7-10(15)9-12(13)16-17-19/h2-9H,1H3.